The van der Waals surface area contributed by atoms with E-state index in [1.807, 2.05) is 30.0 Å². The highest BCUT2D eigenvalue weighted by atomic mass is 16.5. The third-order valence-electron chi connectivity index (χ3n) is 5.49. The van der Waals surface area contributed by atoms with Crippen LogP contribution in [0.15, 0.2) is 42.5 Å². The highest BCUT2D eigenvalue weighted by molar-refractivity contribution is 5.85. The van der Waals surface area contributed by atoms with E-state index < -0.39 is 5.60 Å². The molecular formula is C21H27NO3. The van der Waals surface area contributed by atoms with Crippen LogP contribution >= 0.6 is 0 Å². The molecule has 4 heteroatoms. The van der Waals surface area contributed by atoms with Gasteiger partial charge in [-0.3, -0.25) is 4.79 Å². The van der Waals surface area contributed by atoms with Crippen molar-refractivity contribution < 1.29 is 14.6 Å². The van der Waals surface area contributed by atoms with Crippen LogP contribution in [0.5, 0.6) is 0 Å². The van der Waals surface area contributed by atoms with Gasteiger partial charge in [0.05, 0.1) is 12.0 Å². The fraction of sp³-hybridized carbons (Fsp3) is 0.476. The van der Waals surface area contributed by atoms with Gasteiger partial charge in [-0.1, -0.05) is 49.4 Å². The first-order chi connectivity index (χ1) is 12.0. The molecule has 2 aromatic rings. The fourth-order valence-electron chi connectivity index (χ4n) is 3.68. The Kier molecular flexibility index (Phi) is 5.40. The number of rotatable bonds is 5. The molecule has 1 aliphatic rings. The molecule has 0 aliphatic carbocycles. The summed E-state index contributed by atoms with van der Waals surface area (Å²) in [6.07, 6.45) is 1.65. The summed E-state index contributed by atoms with van der Waals surface area (Å²) in [5, 5.41) is 13.1. The lowest BCUT2D eigenvalue weighted by molar-refractivity contribution is -0.139. The van der Waals surface area contributed by atoms with E-state index in [0.29, 0.717) is 39.0 Å². The molecule has 4 nitrogen and oxygen atoms in total. The molecule has 1 amide bonds. The number of ether oxygens (including phenoxy) is 1. The highest BCUT2D eigenvalue weighted by Gasteiger charge is 2.39. The second kappa shape index (κ2) is 7.54. The van der Waals surface area contributed by atoms with Crippen LogP contribution in [-0.4, -0.2) is 48.3 Å². The van der Waals surface area contributed by atoms with Crippen LogP contribution in [0.3, 0.4) is 0 Å². The summed E-state index contributed by atoms with van der Waals surface area (Å²) in [5.74, 6) is 0.188. The van der Waals surface area contributed by atoms with Crippen LogP contribution in [0.4, 0.5) is 0 Å². The van der Waals surface area contributed by atoms with Gasteiger partial charge in [-0.05, 0) is 29.2 Å². The number of aliphatic hydroxyl groups is 1. The topological polar surface area (TPSA) is 49.8 Å². The number of amides is 1. The van der Waals surface area contributed by atoms with Gasteiger partial charge in [-0.15, -0.1) is 0 Å². The second-order valence-corrected chi connectivity index (χ2v) is 7.20. The quantitative estimate of drug-likeness (QED) is 0.909. The molecule has 2 aromatic carbocycles. The molecule has 1 aliphatic heterocycles. The Hall–Kier alpha value is -1.91. The Balaban J connectivity index is 1.63. The molecule has 2 atom stereocenters. The first-order valence-electron chi connectivity index (χ1n) is 8.98. The predicted octanol–water partition coefficient (Wildman–Crippen LogP) is 3.02. The van der Waals surface area contributed by atoms with Crippen LogP contribution in [0.1, 0.15) is 25.3 Å². The first kappa shape index (κ1) is 17.9. The molecule has 1 heterocycles. The maximum atomic E-state index is 12.7. The molecule has 0 aromatic heterocycles. The third kappa shape index (κ3) is 4.02. The molecule has 0 radical (unpaired) electrons. The van der Waals surface area contributed by atoms with E-state index in [0.717, 1.165) is 10.9 Å². The summed E-state index contributed by atoms with van der Waals surface area (Å²) in [5.41, 5.74) is 0.312. The van der Waals surface area contributed by atoms with E-state index in [1.54, 1.807) is 7.11 Å². The van der Waals surface area contributed by atoms with E-state index in [4.69, 9.17) is 4.74 Å². The van der Waals surface area contributed by atoms with Crippen molar-refractivity contribution in [1.29, 1.82) is 0 Å². The molecule has 0 bridgehead atoms. The molecule has 1 saturated heterocycles. The molecule has 0 spiro atoms. The Labute approximate surface area is 149 Å². The molecule has 1 N–H and O–H groups in total. The third-order valence-corrected chi connectivity index (χ3v) is 5.49. The van der Waals surface area contributed by atoms with E-state index >= 15 is 0 Å². The number of piperidine rings is 1. The van der Waals surface area contributed by atoms with Crippen LogP contribution in [0, 0.1) is 5.92 Å². The molecule has 0 saturated carbocycles. The van der Waals surface area contributed by atoms with Gasteiger partial charge >= 0.3 is 0 Å². The summed E-state index contributed by atoms with van der Waals surface area (Å²) >= 11 is 0. The summed E-state index contributed by atoms with van der Waals surface area (Å²) in [4.78, 5) is 14.6. The fourth-order valence-corrected chi connectivity index (χ4v) is 3.68. The normalized spacial score (nSPS) is 23.8. The van der Waals surface area contributed by atoms with Crippen LogP contribution < -0.4 is 0 Å². The lowest BCUT2D eigenvalue weighted by atomic mass is 9.79. The Bertz CT molecular complexity index is 745. The average Bonchev–Trinajstić information content (AvgIpc) is 2.62. The van der Waals surface area contributed by atoms with Crippen molar-refractivity contribution in [1.82, 2.24) is 4.90 Å². The number of hydrogen-bond donors (Lipinski definition) is 1. The molecule has 3 rings (SSSR count). The zero-order chi connectivity index (χ0) is 17.9. The van der Waals surface area contributed by atoms with Crippen molar-refractivity contribution in [2.45, 2.75) is 31.8 Å². The summed E-state index contributed by atoms with van der Waals surface area (Å²) in [7, 11) is 1.65. The maximum absolute atomic E-state index is 12.7. The van der Waals surface area contributed by atoms with Crippen molar-refractivity contribution >= 4 is 16.7 Å². The number of fused-ring (bicyclic) bond motifs is 1. The lowest BCUT2D eigenvalue weighted by Crippen LogP contribution is -2.53. The standard InChI is InChI=1S/C21H27NO3/c1-16-15-22(11-9-21(16,24)10-12-25-2)20(23)14-17-7-8-18-5-3-4-6-19(18)13-17/h3-8,13,16,24H,9-12,14-15H2,1-2H3/t16-,21-/m0/s1. The number of carbonyl (C=O) groups excluding carboxylic acids is 1. The van der Waals surface area contributed by atoms with E-state index in [2.05, 4.69) is 24.3 Å². The zero-order valence-corrected chi connectivity index (χ0v) is 15.1. The van der Waals surface area contributed by atoms with E-state index in [9.17, 15) is 9.90 Å². The Morgan fingerprint density at radius 1 is 1.28 bits per heavy atom. The van der Waals surface area contributed by atoms with E-state index in [-0.39, 0.29) is 11.8 Å². The number of benzene rings is 2. The highest BCUT2D eigenvalue weighted by Crippen LogP contribution is 2.31. The smallest absolute Gasteiger partial charge is 0.227 e. The molecule has 25 heavy (non-hydrogen) atoms. The molecule has 134 valence electrons. The minimum Gasteiger partial charge on any atom is -0.389 e. The van der Waals surface area contributed by atoms with Crippen molar-refractivity contribution in [3.05, 3.63) is 48.0 Å². The lowest BCUT2D eigenvalue weighted by Gasteiger charge is -2.43. The minimum atomic E-state index is -0.726. The van der Waals surface area contributed by atoms with Gasteiger partial charge < -0.3 is 14.7 Å². The van der Waals surface area contributed by atoms with Gasteiger partial charge in [0, 0.05) is 32.7 Å². The van der Waals surface area contributed by atoms with Gasteiger partial charge in [0.25, 0.3) is 0 Å². The number of hydrogen-bond acceptors (Lipinski definition) is 3. The minimum absolute atomic E-state index is 0.0527. The largest absolute Gasteiger partial charge is 0.389 e. The molecular weight excluding hydrogens is 314 g/mol. The number of carbonyl (C=O) groups is 1. The van der Waals surface area contributed by atoms with Gasteiger partial charge in [-0.25, -0.2) is 0 Å². The predicted molar refractivity (Wildman–Crippen MR) is 99.5 cm³/mol. The molecule has 1 fully saturated rings. The van der Waals surface area contributed by atoms with E-state index in [1.165, 1.54) is 5.39 Å². The van der Waals surface area contributed by atoms with Gasteiger partial charge in [0.15, 0.2) is 0 Å². The first-order valence-corrected chi connectivity index (χ1v) is 8.98. The summed E-state index contributed by atoms with van der Waals surface area (Å²) < 4.78 is 5.11. The van der Waals surface area contributed by atoms with Crippen molar-refractivity contribution in [2.75, 3.05) is 26.8 Å². The summed E-state index contributed by atoms with van der Waals surface area (Å²) in [6, 6.07) is 14.4. The van der Waals surface area contributed by atoms with Crippen molar-refractivity contribution in [2.24, 2.45) is 5.92 Å². The monoisotopic (exact) mass is 341 g/mol. The zero-order valence-electron chi connectivity index (χ0n) is 15.1. The maximum Gasteiger partial charge on any atom is 0.227 e. The Morgan fingerprint density at radius 2 is 2.04 bits per heavy atom. The number of methoxy groups -OCH3 is 1. The van der Waals surface area contributed by atoms with Crippen LogP contribution in [-0.2, 0) is 16.0 Å². The van der Waals surface area contributed by atoms with Crippen LogP contribution in [0.2, 0.25) is 0 Å². The number of likely N-dealkylation sites (tertiary alicyclic amines) is 1. The Morgan fingerprint density at radius 3 is 2.76 bits per heavy atom. The van der Waals surface area contributed by atoms with Crippen LogP contribution in [0.25, 0.3) is 10.8 Å². The van der Waals surface area contributed by atoms with Gasteiger partial charge in [0.1, 0.15) is 0 Å². The molecule has 0 unspecified atom stereocenters. The van der Waals surface area contributed by atoms with Gasteiger partial charge in [-0.2, -0.15) is 0 Å². The second-order valence-electron chi connectivity index (χ2n) is 7.20. The van der Waals surface area contributed by atoms with Crippen molar-refractivity contribution in [3.63, 3.8) is 0 Å². The summed E-state index contributed by atoms with van der Waals surface area (Å²) in [6.45, 7) is 3.78. The average molecular weight is 341 g/mol. The van der Waals surface area contributed by atoms with Gasteiger partial charge in [0.2, 0.25) is 5.91 Å². The van der Waals surface area contributed by atoms with Crippen molar-refractivity contribution in [3.8, 4) is 0 Å². The number of nitrogens with zero attached hydrogens (tertiary/aromatic N) is 1. The SMILES string of the molecule is COCC[C@@]1(O)CCN(C(=O)Cc2ccc3ccccc3c2)C[C@@H]1C.